The van der Waals surface area contributed by atoms with E-state index in [1.54, 1.807) is 24.3 Å². The van der Waals surface area contributed by atoms with Gasteiger partial charge in [-0.2, -0.15) is 0 Å². The van der Waals surface area contributed by atoms with Gasteiger partial charge in [0.1, 0.15) is 0 Å². The second-order valence-electron chi connectivity index (χ2n) is 7.10. The first-order valence-corrected chi connectivity index (χ1v) is 9.52. The Morgan fingerprint density at radius 2 is 1.61 bits per heavy atom. The molecule has 0 aliphatic carbocycles. The van der Waals surface area contributed by atoms with Crippen molar-refractivity contribution in [1.82, 2.24) is 9.80 Å². The molecule has 28 heavy (non-hydrogen) atoms. The molecule has 1 aliphatic rings. The first kappa shape index (κ1) is 20.0. The summed E-state index contributed by atoms with van der Waals surface area (Å²) < 4.78 is 4.67. The van der Waals surface area contributed by atoms with Crippen molar-refractivity contribution >= 4 is 17.6 Å². The van der Waals surface area contributed by atoms with Gasteiger partial charge in [0.05, 0.1) is 19.2 Å². The molecule has 1 amide bonds. The topological polar surface area (TPSA) is 61.9 Å². The summed E-state index contributed by atoms with van der Waals surface area (Å²) >= 11 is 0. The van der Waals surface area contributed by atoms with E-state index < -0.39 is 0 Å². The Morgan fingerprint density at radius 3 is 2.25 bits per heavy atom. The predicted octanol–water partition coefficient (Wildman–Crippen LogP) is 2.54. The Balaban J connectivity index is 1.43. The Morgan fingerprint density at radius 1 is 0.964 bits per heavy atom. The SMILES string of the molecule is COC(=O)c1ccc(NC(=O)CN2CCN(Cc3ccccc3C)CC2)cc1. The van der Waals surface area contributed by atoms with E-state index in [9.17, 15) is 9.59 Å². The van der Waals surface area contributed by atoms with Crippen LogP contribution in [-0.2, 0) is 16.1 Å². The Hall–Kier alpha value is -2.70. The van der Waals surface area contributed by atoms with E-state index in [0.29, 0.717) is 17.8 Å². The number of anilines is 1. The van der Waals surface area contributed by atoms with E-state index in [1.807, 2.05) is 0 Å². The number of amides is 1. The predicted molar refractivity (Wildman–Crippen MR) is 109 cm³/mol. The molecule has 0 saturated carbocycles. The zero-order chi connectivity index (χ0) is 19.9. The van der Waals surface area contributed by atoms with Gasteiger partial charge >= 0.3 is 5.97 Å². The molecule has 0 radical (unpaired) electrons. The molecule has 0 bridgehead atoms. The summed E-state index contributed by atoms with van der Waals surface area (Å²) in [4.78, 5) is 28.4. The van der Waals surface area contributed by atoms with Crippen LogP contribution in [-0.4, -0.2) is 61.5 Å². The quantitative estimate of drug-likeness (QED) is 0.779. The molecule has 2 aromatic carbocycles. The van der Waals surface area contributed by atoms with Crippen LogP contribution in [0.5, 0.6) is 0 Å². The first-order chi connectivity index (χ1) is 13.5. The summed E-state index contributed by atoms with van der Waals surface area (Å²) in [5.74, 6) is -0.431. The summed E-state index contributed by atoms with van der Waals surface area (Å²) in [6.07, 6.45) is 0. The molecule has 1 aliphatic heterocycles. The highest BCUT2D eigenvalue weighted by molar-refractivity contribution is 5.93. The minimum absolute atomic E-state index is 0.0434. The molecule has 6 nitrogen and oxygen atoms in total. The molecule has 2 aromatic rings. The maximum Gasteiger partial charge on any atom is 0.337 e. The van der Waals surface area contributed by atoms with E-state index in [1.165, 1.54) is 18.2 Å². The summed E-state index contributed by atoms with van der Waals surface area (Å²) in [5, 5.41) is 2.89. The van der Waals surface area contributed by atoms with Crippen molar-refractivity contribution in [3.63, 3.8) is 0 Å². The molecule has 0 unspecified atom stereocenters. The van der Waals surface area contributed by atoms with Crippen LogP contribution in [0.15, 0.2) is 48.5 Å². The van der Waals surface area contributed by atoms with Crippen LogP contribution in [0.3, 0.4) is 0 Å². The normalized spacial score (nSPS) is 15.2. The van der Waals surface area contributed by atoms with Gasteiger partial charge < -0.3 is 10.1 Å². The third kappa shape index (κ3) is 5.41. The minimum Gasteiger partial charge on any atom is -0.465 e. The number of piperazine rings is 1. The highest BCUT2D eigenvalue weighted by atomic mass is 16.5. The number of ether oxygens (including phenoxy) is 1. The summed E-state index contributed by atoms with van der Waals surface area (Å²) in [6.45, 7) is 7.13. The zero-order valence-electron chi connectivity index (χ0n) is 16.5. The fraction of sp³-hybridized carbons (Fsp3) is 0.364. The minimum atomic E-state index is -0.388. The molecule has 6 heteroatoms. The Labute approximate surface area is 166 Å². The highest BCUT2D eigenvalue weighted by Crippen LogP contribution is 2.13. The maximum atomic E-state index is 12.3. The van der Waals surface area contributed by atoms with Crippen molar-refractivity contribution < 1.29 is 14.3 Å². The van der Waals surface area contributed by atoms with Gasteiger partial charge in [-0.3, -0.25) is 14.6 Å². The van der Waals surface area contributed by atoms with E-state index in [2.05, 4.69) is 51.0 Å². The molecule has 0 spiro atoms. The number of aryl methyl sites for hydroxylation is 1. The third-order valence-electron chi connectivity index (χ3n) is 5.08. The summed E-state index contributed by atoms with van der Waals surface area (Å²) in [5.41, 5.74) is 3.83. The molecule has 1 fully saturated rings. The smallest absolute Gasteiger partial charge is 0.337 e. The van der Waals surface area contributed by atoms with E-state index >= 15 is 0 Å². The van der Waals surface area contributed by atoms with Crippen molar-refractivity contribution in [3.05, 3.63) is 65.2 Å². The number of carbonyl (C=O) groups is 2. The lowest BCUT2D eigenvalue weighted by Gasteiger charge is -2.34. The van der Waals surface area contributed by atoms with Gasteiger partial charge in [0.2, 0.25) is 5.91 Å². The van der Waals surface area contributed by atoms with Gasteiger partial charge in [-0.05, 0) is 42.3 Å². The van der Waals surface area contributed by atoms with E-state index in [-0.39, 0.29) is 11.9 Å². The summed E-state index contributed by atoms with van der Waals surface area (Å²) in [7, 11) is 1.35. The van der Waals surface area contributed by atoms with Gasteiger partial charge in [0.25, 0.3) is 0 Å². The molecule has 1 saturated heterocycles. The van der Waals surface area contributed by atoms with Crippen molar-refractivity contribution in [2.75, 3.05) is 45.2 Å². The van der Waals surface area contributed by atoms with Crippen molar-refractivity contribution in [3.8, 4) is 0 Å². The molecule has 148 valence electrons. The molecular formula is C22H27N3O3. The second kappa shape index (κ2) is 9.48. The average molecular weight is 381 g/mol. The van der Waals surface area contributed by atoms with Crippen molar-refractivity contribution in [1.29, 1.82) is 0 Å². The van der Waals surface area contributed by atoms with Crippen LogP contribution in [0.25, 0.3) is 0 Å². The lowest BCUT2D eigenvalue weighted by molar-refractivity contribution is -0.117. The van der Waals surface area contributed by atoms with Crippen LogP contribution < -0.4 is 5.32 Å². The van der Waals surface area contributed by atoms with Gasteiger partial charge in [-0.1, -0.05) is 24.3 Å². The van der Waals surface area contributed by atoms with Crippen LogP contribution in [0.2, 0.25) is 0 Å². The van der Waals surface area contributed by atoms with Crippen LogP contribution >= 0.6 is 0 Å². The second-order valence-corrected chi connectivity index (χ2v) is 7.10. The molecule has 1 heterocycles. The number of nitrogens with zero attached hydrogens (tertiary/aromatic N) is 2. The van der Waals surface area contributed by atoms with Crippen LogP contribution in [0.1, 0.15) is 21.5 Å². The number of benzene rings is 2. The number of hydrogen-bond acceptors (Lipinski definition) is 5. The number of rotatable bonds is 6. The third-order valence-corrected chi connectivity index (χ3v) is 5.08. The number of hydrogen-bond donors (Lipinski definition) is 1. The van der Waals surface area contributed by atoms with Crippen molar-refractivity contribution in [2.24, 2.45) is 0 Å². The van der Waals surface area contributed by atoms with Gasteiger partial charge in [0.15, 0.2) is 0 Å². The van der Waals surface area contributed by atoms with Gasteiger partial charge in [-0.15, -0.1) is 0 Å². The zero-order valence-corrected chi connectivity index (χ0v) is 16.5. The lowest BCUT2D eigenvalue weighted by Crippen LogP contribution is -2.48. The lowest BCUT2D eigenvalue weighted by atomic mass is 10.1. The fourth-order valence-corrected chi connectivity index (χ4v) is 3.35. The number of nitrogens with one attached hydrogen (secondary N) is 1. The van der Waals surface area contributed by atoms with Crippen LogP contribution in [0.4, 0.5) is 5.69 Å². The molecule has 1 N–H and O–H groups in total. The Bertz CT molecular complexity index is 812. The van der Waals surface area contributed by atoms with Gasteiger partial charge in [-0.25, -0.2) is 4.79 Å². The van der Waals surface area contributed by atoms with E-state index in [0.717, 1.165) is 32.7 Å². The largest absolute Gasteiger partial charge is 0.465 e. The van der Waals surface area contributed by atoms with Crippen molar-refractivity contribution in [2.45, 2.75) is 13.5 Å². The molecule has 0 atom stereocenters. The maximum absolute atomic E-state index is 12.3. The molecule has 3 rings (SSSR count). The average Bonchev–Trinajstić information content (AvgIpc) is 2.71. The first-order valence-electron chi connectivity index (χ1n) is 9.52. The highest BCUT2D eigenvalue weighted by Gasteiger charge is 2.19. The Kier molecular flexibility index (Phi) is 6.79. The fourth-order valence-electron chi connectivity index (χ4n) is 3.35. The number of methoxy groups -OCH3 is 1. The van der Waals surface area contributed by atoms with Crippen LogP contribution in [0, 0.1) is 6.92 Å². The van der Waals surface area contributed by atoms with Gasteiger partial charge in [0, 0.05) is 38.4 Å². The monoisotopic (exact) mass is 381 g/mol. The van der Waals surface area contributed by atoms with E-state index in [4.69, 9.17) is 0 Å². The standard InChI is InChI=1S/C22H27N3O3/c1-17-5-3-4-6-19(17)15-24-11-13-25(14-12-24)16-21(26)23-20-9-7-18(8-10-20)22(27)28-2/h3-10H,11-16H2,1-2H3,(H,23,26). The molecular weight excluding hydrogens is 354 g/mol. The molecule has 0 aromatic heterocycles. The summed E-state index contributed by atoms with van der Waals surface area (Å²) in [6, 6.07) is 15.2. The number of esters is 1. The number of carbonyl (C=O) groups excluding carboxylic acids is 2.